The zero-order chi connectivity index (χ0) is 22.2. The highest BCUT2D eigenvalue weighted by Crippen LogP contribution is 2.37. The molecule has 4 N–H and O–H groups in total. The van der Waals surface area contributed by atoms with Gasteiger partial charge in [-0.2, -0.15) is 8.42 Å². The Bertz CT molecular complexity index is 1180. The van der Waals surface area contributed by atoms with Crippen molar-refractivity contribution >= 4 is 50.4 Å². The van der Waals surface area contributed by atoms with E-state index in [2.05, 4.69) is 19.5 Å². The molecule has 4 rings (SSSR count). The fourth-order valence-electron chi connectivity index (χ4n) is 3.97. The first-order chi connectivity index (χ1) is 14.7. The van der Waals surface area contributed by atoms with Gasteiger partial charge in [0, 0.05) is 34.7 Å². The van der Waals surface area contributed by atoms with Gasteiger partial charge in [0.1, 0.15) is 17.8 Å². The summed E-state index contributed by atoms with van der Waals surface area (Å²) in [6.45, 7) is 0.326. The van der Waals surface area contributed by atoms with E-state index in [1.165, 1.54) is 6.33 Å². The monoisotopic (exact) mass is 485 g/mol. The van der Waals surface area contributed by atoms with Gasteiger partial charge >= 0.3 is 10.3 Å². The van der Waals surface area contributed by atoms with Crippen molar-refractivity contribution in [1.29, 1.82) is 0 Å². The molecule has 0 aliphatic heterocycles. The van der Waals surface area contributed by atoms with Crippen LogP contribution in [0.15, 0.2) is 36.8 Å². The fraction of sp³-hybridized carbons (Fsp3) is 0.368. The maximum atomic E-state index is 11.0. The summed E-state index contributed by atoms with van der Waals surface area (Å²) in [5.74, 6) is 0.320. The Kier molecular flexibility index (Phi) is 6.38. The molecule has 2 aromatic heterocycles. The van der Waals surface area contributed by atoms with Crippen molar-refractivity contribution in [2.75, 3.05) is 11.9 Å². The van der Waals surface area contributed by atoms with E-state index in [1.807, 2.05) is 29.0 Å². The molecule has 31 heavy (non-hydrogen) atoms. The highest BCUT2D eigenvalue weighted by molar-refractivity contribution is 7.84. The molecule has 1 aliphatic rings. The molecule has 1 aromatic carbocycles. The lowest BCUT2D eigenvalue weighted by atomic mass is 10.1. The SMILES string of the molecule is NS(=O)(=O)OC[C@@H]1C[C@@H](n2ccc3c(NCc4cc(Cl)cc(Cl)c4)ncnc32)C[C@@H]1O. The first kappa shape index (κ1) is 22.3. The van der Waals surface area contributed by atoms with Crippen molar-refractivity contribution in [2.45, 2.75) is 31.5 Å². The standard InChI is InChI=1S/C19H21Cl2N5O4S/c20-13-3-11(4-14(21)6-13)8-23-18-16-1-2-26(19(16)25-10-24-18)15-5-12(17(27)7-15)9-30-31(22,28)29/h1-4,6,10,12,15,17,27H,5,7-9H2,(H2,22,28,29)(H,23,24,25)/t12-,15+,17-/m0/s1. The van der Waals surface area contributed by atoms with E-state index < -0.39 is 16.4 Å². The third-order valence-corrected chi connectivity index (χ3v) is 6.26. The number of nitrogens with one attached hydrogen (secondary N) is 1. The normalized spacial score (nSPS) is 21.6. The molecule has 0 radical (unpaired) electrons. The van der Waals surface area contributed by atoms with Crippen LogP contribution in [0.3, 0.4) is 0 Å². The van der Waals surface area contributed by atoms with Gasteiger partial charge in [-0.1, -0.05) is 23.2 Å². The Hall–Kier alpha value is -1.95. The Morgan fingerprint density at radius 1 is 1.23 bits per heavy atom. The van der Waals surface area contributed by atoms with Crippen LogP contribution in [0.25, 0.3) is 11.0 Å². The molecule has 12 heteroatoms. The predicted octanol–water partition coefficient (Wildman–Crippen LogP) is 2.88. The van der Waals surface area contributed by atoms with E-state index in [9.17, 15) is 13.5 Å². The van der Waals surface area contributed by atoms with Gasteiger partial charge in [-0.05, 0) is 42.7 Å². The van der Waals surface area contributed by atoms with E-state index in [0.717, 1.165) is 10.9 Å². The molecule has 1 saturated carbocycles. The molecule has 3 atom stereocenters. The largest absolute Gasteiger partial charge is 0.393 e. The lowest BCUT2D eigenvalue weighted by Gasteiger charge is -2.14. The molecule has 0 unspecified atom stereocenters. The van der Waals surface area contributed by atoms with E-state index in [-0.39, 0.29) is 18.6 Å². The maximum absolute atomic E-state index is 11.0. The number of nitrogens with two attached hydrogens (primary N) is 1. The van der Waals surface area contributed by atoms with Gasteiger partial charge in [-0.15, -0.1) is 0 Å². The highest BCUT2D eigenvalue weighted by Gasteiger charge is 2.35. The van der Waals surface area contributed by atoms with Crippen molar-refractivity contribution < 1.29 is 17.7 Å². The number of nitrogens with zero attached hydrogens (tertiary/aromatic N) is 3. The van der Waals surface area contributed by atoms with Crippen molar-refractivity contribution in [3.05, 3.63) is 52.4 Å². The third-order valence-electron chi connectivity index (χ3n) is 5.36. The second-order valence-corrected chi connectivity index (χ2v) is 9.64. The quantitative estimate of drug-likeness (QED) is 0.468. The number of anilines is 1. The van der Waals surface area contributed by atoms with Crippen LogP contribution < -0.4 is 10.5 Å². The number of aliphatic hydroxyl groups is 1. The summed E-state index contributed by atoms with van der Waals surface area (Å²) < 4.78 is 28.7. The van der Waals surface area contributed by atoms with Crippen LogP contribution in [0, 0.1) is 5.92 Å². The smallest absolute Gasteiger partial charge is 0.333 e. The minimum atomic E-state index is -4.04. The first-order valence-corrected chi connectivity index (χ1v) is 11.8. The van der Waals surface area contributed by atoms with Gasteiger partial charge in [0.15, 0.2) is 0 Å². The molecule has 0 bridgehead atoms. The number of rotatable bonds is 7. The number of aliphatic hydroxyl groups excluding tert-OH is 1. The second kappa shape index (κ2) is 8.89. The van der Waals surface area contributed by atoms with Crippen LogP contribution in [0.5, 0.6) is 0 Å². The summed E-state index contributed by atoms with van der Waals surface area (Å²) in [6.07, 6.45) is 3.65. The number of fused-ring (bicyclic) bond motifs is 1. The van der Waals surface area contributed by atoms with Crippen molar-refractivity contribution in [3.63, 3.8) is 0 Å². The molecular formula is C19H21Cl2N5O4S. The van der Waals surface area contributed by atoms with E-state index in [1.54, 1.807) is 6.07 Å². The van der Waals surface area contributed by atoms with Gasteiger partial charge in [-0.25, -0.2) is 15.1 Å². The molecule has 3 aromatic rings. The van der Waals surface area contributed by atoms with Gasteiger partial charge in [0.05, 0.1) is 18.1 Å². The minimum absolute atomic E-state index is 0.0592. The third kappa shape index (κ3) is 5.28. The highest BCUT2D eigenvalue weighted by atomic mass is 35.5. The van der Waals surface area contributed by atoms with Crippen LogP contribution in [-0.4, -0.2) is 40.8 Å². The Balaban J connectivity index is 1.51. The summed E-state index contributed by atoms with van der Waals surface area (Å²) in [5.41, 5.74) is 1.63. The molecule has 0 saturated heterocycles. The lowest BCUT2D eigenvalue weighted by Crippen LogP contribution is -2.24. The second-order valence-electron chi connectivity index (χ2n) is 7.54. The number of hydrogen-bond acceptors (Lipinski definition) is 7. The van der Waals surface area contributed by atoms with Crippen molar-refractivity contribution in [2.24, 2.45) is 11.1 Å². The molecular weight excluding hydrogens is 465 g/mol. The van der Waals surface area contributed by atoms with Crippen molar-refractivity contribution in [3.8, 4) is 0 Å². The van der Waals surface area contributed by atoms with Gasteiger partial charge in [0.25, 0.3) is 0 Å². The maximum Gasteiger partial charge on any atom is 0.333 e. The van der Waals surface area contributed by atoms with E-state index >= 15 is 0 Å². The molecule has 0 spiro atoms. The summed E-state index contributed by atoms with van der Waals surface area (Å²) in [4.78, 5) is 8.75. The molecule has 1 aliphatic carbocycles. The zero-order valence-electron chi connectivity index (χ0n) is 16.3. The average Bonchev–Trinajstić information content (AvgIpc) is 3.27. The molecule has 1 fully saturated rings. The number of benzene rings is 1. The zero-order valence-corrected chi connectivity index (χ0v) is 18.6. The summed E-state index contributed by atoms with van der Waals surface area (Å²) >= 11 is 12.1. The topological polar surface area (TPSA) is 132 Å². The molecule has 2 heterocycles. The Morgan fingerprint density at radius 3 is 2.68 bits per heavy atom. The lowest BCUT2D eigenvalue weighted by molar-refractivity contribution is 0.100. The minimum Gasteiger partial charge on any atom is -0.393 e. The predicted molar refractivity (Wildman–Crippen MR) is 118 cm³/mol. The summed E-state index contributed by atoms with van der Waals surface area (Å²) in [5, 5.41) is 20.5. The van der Waals surface area contributed by atoms with E-state index in [0.29, 0.717) is 40.9 Å². The van der Waals surface area contributed by atoms with Gasteiger partial charge < -0.3 is 15.0 Å². The number of halogens is 2. The van der Waals surface area contributed by atoms with Gasteiger partial charge in [0.2, 0.25) is 0 Å². The van der Waals surface area contributed by atoms with Crippen LogP contribution >= 0.6 is 23.2 Å². The van der Waals surface area contributed by atoms with Crippen LogP contribution in [0.2, 0.25) is 10.0 Å². The number of hydrogen-bond donors (Lipinski definition) is 3. The fourth-order valence-corrected chi connectivity index (χ4v) is 4.90. The molecule has 166 valence electrons. The van der Waals surface area contributed by atoms with Crippen LogP contribution in [0.4, 0.5) is 5.82 Å². The number of aromatic nitrogens is 3. The Morgan fingerprint density at radius 2 is 1.97 bits per heavy atom. The summed E-state index contributed by atoms with van der Waals surface area (Å²) in [6, 6.07) is 7.17. The van der Waals surface area contributed by atoms with Crippen molar-refractivity contribution in [1.82, 2.24) is 14.5 Å². The summed E-state index contributed by atoms with van der Waals surface area (Å²) in [7, 11) is -4.04. The molecule has 9 nitrogen and oxygen atoms in total. The van der Waals surface area contributed by atoms with Gasteiger partial charge in [-0.3, -0.25) is 4.18 Å². The Labute approximate surface area is 189 Å². The van der Waals surface area contributed by atoms with E-state index in [4.69, 9.17) is 28.3 Å². The van der Waals surface area contributed by atoms with Crippen LogP contribution in [-0.2, 0) is 21.0 Å². The first-order valence-electron chi connectivity index (χ1n) is 9.55. The van der Waals surface area contributed by atoms with Crippen LogP contribution in [0.1, 0.15) is 24.4 Å². The molecule has 0 amide bonds. The average molecular weight is 486 g/mol.